The number of rotatable bonds is 7. The Morgan fingerprint density at radius 1 is 0.351 bits per heavy atom. The fourth-order valence-corrected chi connectivity index (χ4v) is 9.74. The summed E-state index contributed by atoms with van der Waals surface area (Å²) in [6.45, 7) is 0. The van der Waals surface area contributed by atoms with Crippen LogP contribution in [0, 0.1) is 0 Å². The van der Waals surface area contributed by atoms with Crippen molar-refractivity contribution >= 4 is 70.4 Å². The minimum absolute atomic E-state index is 1.10. The Balaban J connectivity index is 1.17. The van der Waals surface area contributed by atoms with Crippen LogP contribution in [0.1, 0.15) is 0 Å². The molecule has 0 saturated heterocycles. The topological polar surface area (TPSA) is 8.17 Å². The lowest BCUT2D eigenvalue weighted by atomic mass is 9.96. The molecule has 0 spiro atoms. The second kappa shape index (κ2) is 13.8. The molecule has 0 amide bonds. The van der Waals surface area contributed by atoms with Crippen LogP contribution in [0.2, 0.25) is 0 Å². The maximum Gasteiger partial charge on any atom is 0.0562 e. The van der Waals surface area contributed by atoms with Gasteiger partial charge in [-0.1, -0.05) is 158 Å². The van der Waals surface area contributed by atoms with Crippen molar-refractivity contribution in [2.75, 3.05) is 4.90 Å². The van der Waals surface area contributed by atoms with Crippen LogP contribution in [-0.4, -0.2) is 4.57 Å². The number of nitrogens with zero attached hydrogens (tertiary/aromatic N) is 2. The standard InChI is InChI=1S/C54H36N2S/c1-4-16-37(17-5-1)39-20-14-21-40(34-39)45-26-15-28-50-54(45)48-33-31-42(35-51(48)56(50)41-22-8-3-9-23-41)55(49-27-12-10-24-44(49)38-18-6-2-7-19-38)43-30-32-47-46-25-11-13-29-52(46)57-53(47)36-43/h1-36H. The third kappa shape index (κ3) is 5.71. The zero-order valence-corrected chi connectivity index (χ0v) is 31.9. The fourth-order valence-electron chi connectivity index (χ4n) is 8.60. The van der Waals surface area contributed by atoms with Crippen LogP contribution in [-0.2, 0) is 0 Å². The highest BCUT2D eigenvalue weighted by Crippen LogP contribution is 2.46. The normalized spacial score (nSPS) is 11.5. The summed E-state index contributed by atoms with van der Waals surface area (Å²) in [4.78, 5) is 2.45. The number of thiophene rings is 1. The van der Waals surface area contributed by atoms with Crippen molar-refractivity contribution < 1.29 is 0 Å². The first-order valence-corrected chi connectivity index (χ1v) is 20.2. The molecule has 0 radical (unpaired) electrons. The van der Waals surface area contributed by atoms with Crippen LogP contribution >= 0.6 is 11.3 Å². The van der Waals surface area contributed by atoms with Gasteiger partial charge in [0.15, 0.2) is 0 Å². The van der Waals surface area contributed by atoms with Crippen molar-refractivity contribution in [3.8, 4) is 39.1 Å². The molecule has 11 rings (SSSR count). The highest BCUT2D eigenvalue weighted by Gasteiger charge is 2.22. The van der Waals surface area contributed by atoms with Gasteiger partial charge in [0, 0.05) is 53.6 Å². The molecule has 0 unspecified atom stereocenters. The molecule has 2 nitrogen and oxygen atoms in total. The molecule has 2 aromatic heterocycles. The average molecular weight is 745 g/mol. The Labute approximate surface area is 335 Å². The summed E-state index contributed by atoms with van der Waals surface area (Å²) in [6, 6.07) is 79.4. The molecule has 0 atom stereocenters. The second-order valence-electron chi connectivity index (χ2n) is 14.5. The van der Waals surface area contributed by atoms with Gasteiger partial charge in [-0.05, 0) is 88.5 Å². The summed E-state index contributed by atoms with van der Waals surface area (Å²) >= 11 is 1.86. The van der Waals surface area contributed by atoms with Crippen LogP contribution < -0.4 is 4.90 Å². The molecule has 0 aliphatic heterocycles. The van der Waals surface area contributed by atoms with Gasteiger partial charge in [0.2, 0.25) is 0 Å². The highest BCUT2D eigenvalue weighted by atomic mass is 32.1. The Kier molecular flexibility index (Phi) is 8.04. The molecule has 9 aromatic carbocycles. The number of para-hydroxylation sites is 2. The number of benzene rings is 9. The molecule has 0 fully saturated rings. The lowest BCUT2D eigenvalue weighted by Gasteiger charge is -2.28. The van der Waals surface area contributed by atoms with Crippen LogP contribution in [0.3, 0.4) is 0 Å². The van der Waals surface area contributed by atoms with E-state index in [-0.39, 0.29) is 0 Å². The first-order chi connectivity index (χ1) is 28.3. The third-order valence-corrected chi connectivity index (χ3v) is 12.3. The van der Waals surface area contributed by atoms with Gasteiger partial charge < -0.3 is 9.47 Å². The van der Waals surface area contributed by atoms with Gasteiger partial charge in [-0.25, -0.2) is 0 Å². The highest BCUT2D eigenvalue weighted by molar-refractivity contribution is 7.25. The first kappa shape index (κ1) is 33.2. The van der Waals surface area contributed by atoms with Crippen LogP contribution in [0.15, 0.2) is 218 Å². The minimum atomic E-state index is 1.10. The van der Waals surface area contributed by atoms with Gasteiger partial charge in [0.1, 0.15) is 0 Å². The van der Waals surface area contributed by atoms with E-state index < -0.39 is 0 Å². The van der Waals surface area contributed by atoms with E-state index in [1.807, 2.05) is 11.3 Å². The molecule has 57 heavy (non-hydrogen) atoms. The molecule has 0 N–H and O–H groups in total. The van der Waals surface area contributed by atoms with E-state index in [9.17, 15) is 0 Å². The van der Waals surface area contributed by atoms with Crippen LogP contribution in [0.25, 0.3) is 81.0 Å². The predicted octanol–water partition coefficient (Wildman–Crippen LogP) is 15.6. The van der Waals surface area contributed by atoms with Gasteiger partial charge in [0.05, 0.1) is 16.7 Å². The summed E-state index contributed by atoms with van der Waals surface area (Å²) in [5.41, 5.74) is 14.0. The SMILES string of the molecule is c1ccc(-c2cccc(-c3cccc4c3c3ccc(N(c5ccc6c(c5)sc5ccccc56)c5ccccc5-c5ccccc5)cc3n4-c3ccccc3)c2)cc1. The van der Waals surface area contributed by atoms with Crippen molar-refractivity contribution in [3.05, 3.63) is 218 Å². The summed E-state index contributed by atoms with van der Waals surface area (Å²) in [7, 11) is 0. The maximum atomic E-state index is 2.45. The Bertz CT molecular complexity index is 3230. The average Bonchev–Trinajstić information content (AvgIpc) is 3.83. The summed E-state index contributed by atoms with van der Waals surface area (Å²) < 4.78 is 5.02. The monoisotopic (exact) mass is 744 g/mol. The maximum absolute atomic E-state index is 2.45. The number of hydrogen-bond acceptors (Lipinski definition) is 2. The van der Waals surface area contributed by atoms with Crippen molar-refractivity contribution in [2.24, 2.45) is 0 Å². The summed E-state index contributed by atoms with van der Waals surface area (Å²) in [6.07, 6.45) is 0. The fraction of sp³-hybridized carbons (Fsp3) is 0. The Hall–Kier alpha value is -7.20. The van der Waals surface area contributed by atoms with E-state index in [2.05, 4.69) is 228 Å². The molecule has 0 aliphatic carbocycles. The van der Waals surface area contributed by atoms with Gasteiger partial charge in [-0.15, -0.1) is 11.3 Å². The van der Waals surface area contributed by atoms with Crippen molar-refractivity contribution in [1.82, 2.24) is 4.57 Å². The van der Waals surface area contributed by atoms with E-state index in [0.29, 0.717) is 0 Å². The van der Waals surface area contributed by atoms with Crippen LogP contribution in [0.4, 0.5) is 17.1 Å². The lowest BCUT2D eigenvalue weighted by Crippen LogP contribution is -2.11. The summed E-state index contributed by atoms with van der Waals surface area (Å²) in [5.74, 6) is 0. The van der Waals surface area contributed by atoms with Gasteiger partial charge in [-0.2, -0.15) is 0 Å². The Morgan fingerprint density at radius 3 is 1.77 bits per heavy atom. The Morgan fingerprint density at radius 2 is 0.947 bits per heavy atom. The number of hydrogen-bond donors (Lipinski definition) is 0. The molecule has 0 aliphatic rings. The first-order valence-electron chi connectivity index (χ1n) is 19.4. The van der Waals surface area contributed by atoms with Gasteiger partial charge in [0.25, 0.3) is 0 Å². The molecular formula is C54H36N2S. The second-order valence-corrected chi connectivity index (χ2v) is 15.6. The predicted molar refractivity (Wildman–Crippen MR) is 245 cm³/mol. The smallest absolute Gasteiger partial charge is 0.0562 e. The van der Waals surface area contributed by atoms with Crippen LogP contribution in [0.5, 0.6) is 0 Å². The minimum Gasteiger partial charge on any atom is -0.310 e. The molecule has 3 heteroatoms. The van der Waals surface area contributed by atoms with E-state index in [0.717, 1.165) is 28.3 Å². The van der Waals surface area contributed by atoms with E-state index in [1.54, 1.807) is 0 Å². The van der Waals surface area contributed by atoms with Crippen molar-refractivity contribution in [3.63, 3.8) is 0 Å². The van der Waals surface area contributed by atoms with E-state index in [1.165, 1.54) is 69.8 Å². The molecule has 0 saturated carbocycles. The zero-order chi connectivity index (χ0) is 37.7. The molecular weight excluding hydrogens is 709 g/mol. The zero-order valence-electron chi connectivity index (χ0n) is 31.1. The molecule has 268 valence electrons. The van der Waals surface area contributed by atoms with Gasteiger partial charge >= 0.3 is 0 Å². The lowest BCUT2D eigenvalue weighted by molar-refractivity contribution is 1.18. The quantitative estimate of drug-likeness (QED) is 0.158. The summed E-state index contributed by atoms with van der Waals surface area (Å²) in [5, 5.41) is 5.06. The van der Waals surface area contributed by atoms with E-state index >= 15 is 0 Å². The van der Waals surface area contributed by atoms with Crippen molar-refractivity contribution in [1.29, 1.82) is 0 Å². The van der Waals surface area contributed by atoms with Gasteiger partial charge in [-0.3, -0.25) is 0 Å². The molecule has 2 heterocycles. The molecule has 0 bridgehead atoms. The number of fused-ring (bicyclic) bond motifs is 6. The molecule has 11 aromatic rings. The van der Waals surface area contributed by atoms with E-state index in [4.69, 9.17) is 0 Å². The third-order valence-electron chi connectivity index (χ3n) is 11.2. The number of aromatic nitrogens is 1. The van der Waals surface area contributed by atoms with Crippen molar-refractivity contribution in [2.45, 2.75) is 0 Å². The number of anilines is 3. The largest absolute Gasteiger partial charge is 0.310 e.